The molecule has 1 aromatic heterocycles. The third-order valence-electron chi connectivity index (χ3n) is 5.01. The van der Waals surface area contributed by atoms with Crippen LogP contribution in [0.2, 0.25) is 10.0 Å². The topological polar surface area (TPSA) is 84.2 Å². The fourth-order valence-electron chi connectivity index (χ4n) is 3.38. The lowest BCUT2D eigenvalue weighted by atomic mass is 10.1. The first-order valence-electron chi connectivity index (χ1n) is 9.90. The van der Waals surface area contributed by atoms with Crippen LogP contribution in [0.4, 0.5) is 0 Å². The van der Waals surface area contributed by atoms with Crippen molar-refractivity contribution in [3.8, 4) is 34.3 Å². The molecule has 9 heteroatoms. The van der Waals surface area contributed by atoms with Crippen LogP contribution >= 0.6 is 23.2 Å². The van der Waals surface area contributed by atoms with Gasteiger partial charge in [-0.2, -0.15) is 0 Å². The molecule has 0 radical (unpaired) electrons. The average molecular weight is 501 g/mol. The summed E-state index contributed by atoms with van der Waals surface area (Å²) in [5.74, 6) is -0.243. The van der Waals surface area contributed by atoms with Gasteiger partial charge in [-0.05, 0) is 54.6 Å². The van der Waals surface area contributed by atoms with Crippen LogP contribution < -0.4 is 24.4 Å². The Balaban J connectivity index is 1.87. The number of esters is 1. The van der Waals surface area contributed by atoms with Gasteiger partial charge in [0.15, 0.2) is 17.3 Å². The number of ether oxygens (including phenoxy) is 4. The fourth-order valence-corrected chi connectivity index (χ4v) is 3.68. The minimum absolute atomic E-state index is 0.0669. The van der Waals surface area contributed by atoms with Crippen LogP contribution in [0.5, 0.6) is 23.0 Å². The zero-order chi connectivity index (χ0) is 24.4. The molecule has 3 aromatic carbocycles. The number of halogens is 2. The van der Waals surface area contributed by atoms with Crippen LogP contribution in [0.3, 0.4) is 0 Å². The Bertz CT molecular complexity index is 1420. The smallest absolute Gasteiger partial charge is 0.344 e. The summed E-state index contributed by atoms with van der Waals surface area (Å²) in [6.07, 6.45) is 0. The van der Waals surface area contributed by atoms with Gasteiger partial charge in [0, 0.05) is 15.6 Å². The van der Waals surface area contributed by atoms with Crippen LogP contribution in [0, 0.1) is 0 Å². The molecule has 0 saturated heterocycles. The van der Waals surface area contributed by atoms with Crippen molar-refractivity contribution < 1.29 is 28.2 Å². The molecule has 0 spiro atoms. The van der Waals surface area contributed by atoms with Crippen molar-refractivity contribution in [2.75, 3.05) is 21.3 Å². The molecular formula is C25H18Cl2O7. The van der Waals surface area contributed by atoms with Crippen molar-refractivity contribution in [2.45, 2.75) is 0 Å². The maximum atomic E-state index is 13.4. The molecule has 0 unspecified atom stereocenters. The van der Waals surface area contributed by atoms with Gasteiger partial charge < -0.3 is 23.4 Å². The van der Waals surface area contributed by atoms with E-state index in [2.05, 4.69) is 0 Å². The fraction of sp³-hybridized carbons (Fsp3) is 0.120. The number of methoxy groups -OCH3 is 3. The van der Waals surface area contributed by atoms with Gasteiger partial charge in [0.25, 0.3) is 0 Å². The van der Waals surface area contributed by atoms with E-state index in [4.69, 9.17) is 46.6 Å². The van der Waals surface area contributed by atoms with E-state index in [1.54, 1.807) is 36.4 Å². The summed E-state index contributed by atoms with van der Waals surface area (Å²) in [6, 6.07) is 14.0. The Morgan fingerprint density at radius 1 is 0.794 bits per heavy atom. The van der Waals surface area contributed by atoms with Crippen molar-refractivity contribution in [2.24, 2.45) is 0 Å². The molecule has 174 valence electrons. The Kier molecular flexibility index (Phi) is 6.68. The molecule has 0 amide bonds. The molecular weight excluding hydrogens is 483 g/mol. The van der Waals surface area contributed by atoms with E-state index in [9.17, 15) is 9.59 Å². The Labute approximate surface area is 204 Å². The van der Waals surface area contributed by atoms with E-state index in [0.29, 0.717) is 21.4 Å². The Morgan fingerprint density at radius 3 is 2.00 bits per heavy atom. The van der Waals surface area contributed by atoms with Gasteiger partial charge in [0.2, 0.25) is 16.9 Å². The minimum Gasteiger partial charge on any atom is -0.493 e. The summed E-state index contributed by atoms with van der Waals surface area (Å²) in [4.78, 5) is 26.5. The summed E-state index contributed by atoms with van der Waals surface area (Å²) >= 11 is 12.1. The highest BCUT2D eigenvalue weighted by Gasteiger charge is 2.24. The van der Waals surface area contributed by atoms with Gasteiger partial charge in [0.05, 0.1) is 32.3 Å². The predicted molar refractivity (Wildman–Crippen MR) is 129 cm³/mol. The summed E-state index contributed by atoms with van der Waals surface area (Å²) in [7, 11) is 4.29. The third-order valence-corrected chi connectivity index (χ3v) is 5.50. The molecule has 1 heterocycles. The van der Waals surface area contributed by atoms with Crippen molar-refractivity contribution >= 4 is 40.1 Å². The lowest BCUT2D eigenvalue weighted by Gasteiger charge is -2.14. The maximum Gasteiger partial charge on any atom is 0.344 e. The monoisotopic (exact) mass is 500 g/mol. The quantitative estimate of drug-likeness (QED) is 0.299. The van der Waals surface area contributed by atoms with Crippen molar-refractivity contribution in [3.63, 3.8) is 0 Å². The second kappa shape index (κ2) is 9.67. The van der Waals surface area contributed by atoms with E-state index in [1.807, 2.05) is 0 Å². The van der Waals surface area contributed by atoms with Crippen LogP contribution in [0.1, 0.15) is 10.4 Å². The van der Waals surface area contributed by atoms with Crippen LogP contribution in [-0.2, 0) is 0 Å². The lowest BCUT2D eigenvalue weighted by molar-refractivity contribution is 0.0730. The van der Waals surface area contributed by atoms with Crippen LogP contribution in [-0.4, -0.2) is 27.3 Å². The summed E-state index contributed by atoms with van der Waals surface area (Å²) < 4.78 is 27.4. The molecule has 0 aliphatic heterocycles. The lowest BCUT2D eigenvalue weighted by Crippen LogP contribution is -2.16. The van der Waals surface area contributed by atoms with E-state index in [0.717, 1.165) is 0 Å². The van der Waals surface area contributed by atoms with Gasteiger partial charge in [0.1, 0.15) is 5.58 Å². The van der Waals surface area contributed by atoms with Crippen molar-refractivity contribution in [1.29, 1.82) is 0 Å². The molecule has 34 heavy (non-hydrogen) atoms. The molecule has 0 aliphatic carbocycles. The SMILES string of the molecule is COc1cc(C(=O)Oc2c(-c3ccc(Cl)cc3)oc3ccc(Cl)cc3c2=O)cc(OC)c1OC. The zero-order valence-corrected chi connectivity index (χ0v) is 19.8. The summed E-state index contributed by atoms with van der Waals surface area (Å²) in [5, 5.41) is 0.994. The molecule has 0 N–H and O–H groups in total. The highest BCUT2D eigenvalue weighted by Crippen LogP contribution is 2.39. The van der Waals surface area contributed by atoms with E-state index < -0.39 is 11.4 Å². The van der Waals surface area contributed by atoms with Crippen molar-refractivity contribution in [1.82, 2.24) is 0 Å². The number of carbonyl (C=O) groups is 1. The Morgan fingerprint density at radius 2 is 1.41 bits per heavy atom. The molecule has 0 bridgehead atoms. The number of benzene rings is 3. The molecule has 4 rings (SSSR count). The zero-order valence-electron chi connectivity index (χ0n) is 18.3. The molecule has 4 aromatic rings. The van der Waals surface area contributed by atoms with Crippen LogP contribution in [0.15, 0.2) is 63.8 Å². The predicted octanol–water partition coefficient (Wildman–Crippen LogP) is 6.01. The second-order valence-corrected chi connectivity index (χ2v) is 7.91. The largest absolute Gasteiger partial charge is 0.493 e. The number of hydrogen-bond acceptors (Lipinski definition) is 7. The maximum absolute atomic E-state index is 13.4. The van der Waals surface area contributed by atoms with Gasteiger partial charge >= 0.3 is 5.97 Å². The number of fused-ring (bicyclic) bond motifs is 1. The molecule has 0 atom stereocenters. The Hall–Kier alpha value is -3.68. The van der Waals surface area contributed by atoms with Gasteiger partial charge in [-0.15, -0.1) is 0 Å². The van der Waals surface area contributed by atoms with Crippen LogP contribution in [0.25, 0.3) is 22.3 Å². The third kappa shape index (κ3) is 4.40. The molecule has 0 fully saturated rings. The minimum atomic E-state index is -0.830. The first kappa shape index (κ1) is 23.5. The van der Waals surface area contributed by atoms with E-state index >= 15 is 0 Å². The van der Waals surface area contributed by atoms with E-state index in [-0.39, 0.29) is 39.5 Å². The van der Waals surface area contributed by atoms with Gasteiger partial charge in [-0.3, -0.25) is 4.79 Å². The summed E-state index contributed by atoms with van der Waals surface area (Å²) in [5.41, 5.74) is 0.287. The highest BCUT2D eigenvalue weighted by molar-refractivity contribution is 6.31. The van der Waals surface area contributed by atoms with E-state index in [1.165, 1.54) is 39.5 Å². The second-order valence-electron chi connectivity index (χ2n) is 7.04. The normalized spacial score (nSPS) is 10.7. The summed E-state index contributed by atoms with van der Waals surface area (Å²) in [6.45, 7) is 0. The average Bonchev–Trinajstić information content (AvgIpc) is 2.85. The number of hydrogen-bond donors (Lipinski definition) is 0. The number of rotatable bonds is 6. The van der Waals surface area contributed by atoms with Gasteiger partial charge in [-0.25, -0.2) is 4.79 Å². The standard InChI is InChI=1S/C25H18Cl2O7/c1-30-19-10-14(11-20(31-2)23(19)32-3)25(29)34-24-21(28)17-12-16(27)8-9-18(17)33-22(24)13-4-6-15(26)7-5-13/h4-12H,1-3H3. The highest BCUT2D eigenvalue weighted by atomic mass is 35.5. The first-order chi connectivity index (χ1) is 16.4. The molecule has 0 saturated carbocycles. The molecule has 7 nitrogen and oxygen atoms in total. The first-order valence-corrected chi connectivity index (χ1v) is 10.7. The number of carbonyl (C=O) groups excluding carboxylic acids is 1. The molecule has 0 aliphatic rings. The van der Waals surface area contributed by atoms with Crippen molar-refractivity contribution in [3.05, 3.63) is 80.4 Å². The van der Waals surface area contributed by atoms with Gasteiger partial charge in [-0.1, -0.05) is 23.2 Å².